The Hall–Kier alpha value is -0.650. The van der Waals surface area contributed by atoms with E-state index in [2.05, 4.69) is 36.1 Å². The van der Waals surface area contributed by atoms with Crippen LogP contribution in [-0.4, -0.2) is 22.5 Å². The zero-order chi connectivity index (χ0) is 12.4. The van der Waals surface area contributed by atoms with E-state index in [0.717, 1.165) is 23.5 Å². The van der Waals surface area contributed by atoms with Gasteiger partial charge in [-0.25, -0.2) is 10.8 Å². The van der Waals surface area contributed by atoms with Crippen molar-refractivity contribution in [2.45, 2.75) is 39.8 Å². The molecule has 3 N–H and O–H groups in total. The Kier molecular flexibility index (Phi) is 4.01. The average molecular weight is 254 g/mol. The van der Waals surface area contributed by atoms with Crippen molar-refractivity contribution in [2.24, 2.45) is 17.7 Å². The summed E-state index contributed by atoms with van der Waals surface area (Å²) in [5, 5.41) is 0.797. The first kappa shape index (κ1) is 12.8. The van der Waals surface area contributed by atoms with Crippen LogP contribution in [0.15, 0.2) is 6.20 Å². The highest BCUT2D eigenvalue weighted by Crippen LogP contribution is 2.29. The van der Waals surface area contributed by atoms with Gasteiger partial charge in [0.05, 0.1) is 0 Å². The first-order valence-corrected chi connectivity index (χ1v) is 7.07. The quantitative estimate of drug-likeness (QED) is 0.642. The predicted molar refractivity (Wildman–Crippen MR) is 72.7 cm³/mol. The monoisotopic (exact) mass is 254 g/mol. The van der Waals surface area contributed by atoms with E-state index in [1.165, 1.54) is 17.8 Å². The van der Waals surface area contributed by atoms with Gasteiger partial charge in [0, 0.05) is 30.2 Å². The molecule has 3 unspecified atom stereocenters. The third-order valence-corrected chi connectivity index (χ3v) is 4.67. The van der Waals surface area contributed by atoms with E-state index in [0.29, 0.717) is 6.04 Å². The zero-order valence-corrected chi connectivity index (χ0v) is 11.6. The molecule has 3 atom stereocenters. The highest BCUT2D eigenvalue weighted by atomic mass is 32.1. The Morgan fingerprint density at radius 2 is 2.29 bits per heavy atom. The van der Waals surface area contributed by atoms with Crippen LogP contribution < -0.4 is 11.3 Å². The fourth-order valence-electron chi connectivity index (χ4n) is 2.69. The van der Waals surface area contributed by atoms with Gasteiger partial charge < -0.3 is 0 Å². The van der Waals surface area contributed by atoms with E-state index >= 15 is 0 Å². The summed E-state index contributed by atoms with van der Waals surface area (Å²) in [6.07, 6.45) is 3.27. The number of thiazole rings is 1. The Labute approximate surface area is 107 Å². The van der Waals surface area contributed by atoms with Crippen LogP contribution in [0, 0.1) is 11.8 Å². The van der Waals surface area contributed by atoms with Crippen LogP contribution >= 0.6 is 11.3 Å². The molecule has 1 saturated heterocycles. The van der Waals surface area contributed by atoms with Gasteiger partial charge in [0.15, 0.2) is 5.13 Å². The maximum Gasteiger partial charge on any atom is 0.197 e. The minimum absolute atomic E-state index is 0.655. The second-order valence-electron chi connectivity index (χ2n) is 5.26. The van der Waals surface area contributed by atoms with Crippen molar-refractivity contribution in [3.05, 3.63) is 11.1 Å². The number of nitrogens with one attached hydrogen (secondary N) is 1. The van der Waals surface area contributed by atoms with Crippen LogP contribution in [0.1, 0.15) is 32.1 Å². The largest absolute Gasteiger partial charge is 0.300 e. The lowest BCUT2D eigenvalue weighted by Crippen LogP contribution is -2.44. The second kappa shape index (κ2) is 5.33. The van der Waals surface area contributed by atoms with E-state index in [1.807, 2.05) is 6.20 Å². The van der Waals surface area contributed by atoms with Gasteiger partial charge in [0.1, 0.15) is 0 Å². The number of piperidine rings is 1. The summed E-state index contributed by atoms with van der Waals surface area (Å²) in [6, 6.07) is 0.655. The second-order valence-corrected chi connectivity index (χ2v) is 6.38. The molecule has 0 spiro atoms. The van der Waals surface area contributed by atoms with Crippen molar-refractivity contribution in [1.82, 2.24) is 9.88 Å². The Morgan fingerprint density at radius 3 is 2.94 bits per heavy atom. The molecule has 2 heterocycles. The van der Waals surface area contributed by atoms with Crippen molar-refractivity contribution >= 4 is 16.5 Å². The molecule has 0 aliphatic carbocycles. The summed E-state index contributed by atoms with van der Waals surface area (Å²) in [6.45, 7) is 9.21. The van der Waals surface area contributed by atoms with Gasteiger partial charge in [0.25, 0.3) is 0 Å². The maximum absolute atomic E-state index is 5.35. The molecule has 0 saturated carbocycles. The number of hydrogen-bond acceptors (Lipinski definition) is 5. The van der Waals surface area contributed by atoms with Crippen LogP contribution in [-0.2, 0) is 6.54 Å². The molecule has 2 rings (SSSR count). The number of nitrogens with zero attached hydrogens (tertiary/aromatic N) is 2. The molecule has 1 fully saturated rings. The molecule has 17 heavy (non-hydrogen) atoms. The van der Waals surface area contributed by atoms with Crippen molar-refractivity contribution in [2.75, 3.05) is 12.0 Å². The highest BCUT2D eigenvalue weighted by molar-refractivity contribution is 7.15. The average Bonchev–Trinajstić information content (AvgIpc) is 2.73. The van der Waals surface area contributed by atoms with E-state index in [4.69, 9.17) is 5.84 Å². The fourth-order valence-corrected chi connectivity index (χ4v) is 3.44. The lowest BCUT2D eigenvalue weighted by molar-refractivity contribution is 0.0738. The van der Waals surface area contributed by atoms with Gasteiger partial charge in [-0.1, -0.05) is 25.2 Å². The fraction of sp³-hybridized carbons (Fsp3) is 0.750. The van der Waals surface area contributed by atoms with Crippen LogP contribution in [0.4, 0.5) is 5.13 Å². The maximum atomic E-state index is 5.35. The first-order chi connectivity index (χ1) is 8.10. The molecule has 1 aliphatic rings. The number of hydrazine groups is 1. The number of rotatable bonds is 3. The van der Waals surface area contributed by atoms with Crippen molar-refractivity contribution in [3.63, 3.8) is 0 Å². The molecule has 0 amide bonds. The standard InChI is InChI=1S/C12H22N4S/c1-8-4-9(2)10(3)16(6-8)7-11-5-14-12(15-13)17-11/h5,8-10H,4,6-7,13H2,1-3H3,(H,14,15). The van der Waals surface area contributed by atoms with Crippen molar-refractivity contribution in [3.8, 4) is 0 Å². The number of aromatic nitrogens is 1. The van der Waals surface area contributed by atoms with Crippen LogP contribution in [0.3, 0.4) is 0 Å². The van der Waals surface area contributed by atoms with E-state index < -0.39 is 0 Å². The Balaban J connectivity index is 2.01. The van der Waals surface area contributed by atoms with Crippen LogP contribution in [0.2, 0.25) is 0 Å². The van der Waals surface area contributed by atoms with Gasteiger partial charge in [-0.2, -0.15) is 0 Å². The zero-order valence-electron chi connectivity index (χ0n) is 10.8. The summed E-state index contributed by atoms with van der Waals surface area (Å²) in [7, 11) is 0. The first-order valence-electron chi connectivity index (χ1n) is 6.25. The van der Waals surface area contributed by atoms with Gasteiger partial charge in [0.2, 0.25) is 0 Å². The van der Waals surface area contributed by atoms with Gasteiger partial charge in [-0.15, -0.1) is 0 Å². The van der Waals surface area contributed by atoms with Gasteiger partial charge in [-0.3, -0.25) is 10.3 Å². The third kappa shape index (κ3) is 2.97. The molecule has 1 aromatic heterocycles. The Morgan fingerprint density at radius 1 is 1.53 bits per heavy atom. The summed E-state index contributed by atoms with van der Waals surface area (Å²) in [5.74, 6) is 6.92. The Bertz CT molecular complexity index is 365. The minimum Gasteiger partial charge on any atom is -0.300 e. The predicted octanol–water partition coefficient (Wildman–Crippen LogP) is 2.30. The molecule has 0 bridgehead atoms. The number of likely N-dealkylation sites (tertiary alicyclic amines) is 1. The smallest absolute Gasteiger partial charge is 0.197 e. The molecule has 0 radical (unpaired) electrons. The normalized spacial score (nSPS) is 30.5. The molecule has 1 aliphatic heterocycles. The topological polar surface area (TPSA) is 54.2 Å². The van der Waals surface area contributed by atoms with Crippen molar-refractivity contribution < 1.29 is 0 Å². The van der Waals surface area contributed by atoms with E-state index in [-0.39, 0.29) is 0 Å². The molecule has 4 nitrogen and oxygen atoms in total. The van der Waals surface area contributed by atoms with Crippen LogP contribution in [0.5, 0.6) is 0 Å². The van der Waals surface area contributed by atoms with Gasteiger partial charge >= 0.3 is 0 Å². The number of nitrogen functional groups attached to an aromatic ring is 1. The number of anilines is 1. The molecule has 0 aromatic carbocycles. The summed E-state index contributed by atoms with van der Waals surface area (Å²) >= 11 is 1.64. The summed E-state index contributed by atoms with van der Waals surface area (Å²) < 4.78 is 0. The molecule has 96 valence electrons. The lowest BCUT2D eigenvalue weighted by atomic mass is 9.86. The van der Waals surface area contributed by atoms with Crippen LogP contribution in [0.25, 0.3) is 0 Å². The van der Waals surface area contributed by atoms with Gasteiger partial charge in [-0.05, 0) is 25.2 Å². The van der Waals surface area contributed by atoms with Crippen molar-refractivity contribution in [1.29, 1.82) is 0 Å². The van der Waals surface area contributed by atoms with E-state index in [1.54, 1.807) is 11.3 Å². The SMILES string of the molecule is CC1CC(C)C(C)N(Cc2cnc(NN)s2)C1. The molecular weight excluding hydrogens is 232 g/mol. The summed E-state index contributed by atoms with van der Waals surface area (Å²) in [5.41, 5.74) is 2.60. The minimum atomic E-state index is 0.655. The van der Waals surface area contributed by atoms with E-state index in [9.17, 15) is 0 Å². The molecule has 5 heteroatoms. The molecule has 1 aromatic rings. The number of hydrogen-bond donors (Lipinski definition) is 2. The third-order valence-electron chi connectivity index (χ3n) is 3.76. The molecular formula is C12H22N4S. The highest BCUT2D eigenvalue weighted by Gasteiger charge is 2.28. The number of nitrogens with two attached hydrogens (primary N) is 1. The summed E-state index contributed by atoms with van der Waals surface area (Å²) in [4.78, 5) is 8.06. The lowest BCUT2D eigenvalue weighted by Gasteiger charge is -2.40.